The van der Waals surface area contributed by atoms with Crippen molar-refractivity contribution in [3.63, 3.8) is 0 Å². The monoisotopic (exact) mass is 312 g/mol. The summed E-state index contributed by atoms with van der Waals surface area (Å²) in [5.74, 6) is -0.332. The van der Waals surface area contributed by atoms with Crippen molar-refractivity contribution in [3.05, 3.63) is 39.9 Å². The summed E-state index contributed by atoms with van der Waals surface area (Å²) in [6.07, 6.45) is 0. The maximum Gasteiger partial charge on any atom is 0.150 e. The smallest absolute Gasteiger partial charge is 0.150 e. The molecular weight excluding hydrogens is 299 g/mol. The van der Waals surface area contributed by atoms with E-state index >= 15 is 0 Å². The van der Waals surface area contributed by atoms with Gasteiger partial charge in [-0.1, -0.05) is 21.1 Å². The van der Waals surface area contributed by atoms with E-state index in [0.717, 1.165) is 11.4 Å². The van der Waals surface area contributed by atoms with E-state index in [2.05, 4.69) is 31.6 Å². The third-order valence-electron chi connectivity index (χ3n) is 2.91. The molecule has 0 aliphatic heterocycles. The highest BCUT2D eigenvalue weighted by Crippen LogP contribution is 2.21. The molecule has 0 bridgehead atoms. The zero-order chi connectivity index (χ0) is 13.3. The highest BCUT2D eigenvalue weighted by Gasteiger charge is 2.16. The fraction of sp³-hybridized carbons (Fsp3) is 0.333. The second-order valence-corrected chi connectivity index (χ2v) is 4.99. The molecule has 1 aromatic carbocycles. The molecule has 2 rings (SSSR count). The summed E-state index contributed by atoms with van der Waals surface area (Å²) in [5, 5.41) is 11.2. The number of hydrogen-bond donors (Lipinski definition) is 1. The predicted octanol–water partition coefficient (Wildman–Crippen LogP) is 2.76. The van der Waals surface area contributed by atoms with Crippen molar-refractivity contribution < 1.29 is 4.39 Å². The van der Waals surface area contributed by atoms with E-state index in [-0.39, 0.29) is 11.9 Å². The van der Waals surface area contributed by atoms with Crippen molar-refractivity contribution in [2.75, 3.05) is 7.05 Å². The molecule has 0 spiro atoms. The van der Waals surface area contributed by atoms with E-state index in [1.807, 2.05) is 20.9 Å². The molecule has 0 amide bonds. The zero-order valence-corrected chi connectivity index (χ0v) is 12.0. The van der Waals surface area contributed by atoms with Crippen molar-refractivity contribution in [2.45, 2.75) is 19.9 Å². The number of benzene rings is 1. The van der Waals surface area contributed by atoms with Crippen LogP contribution >= 0.6 is 15.9 Å². The maximum atomic E-state index is 13.9. The molecule has 0 fully saturated rings. The van der Waals surface area contributed by atoms with Gasteiger partial charge in [-0.15, -0.1) is 5.10 Å². The van der Waals surface area contributed by atoms with Gasteiger partial charge in [0.25, 0.3) is 0 Å². The van der Waals surface area contributed by atoms with E-state index in [1.54, 1.807) is 12.1 Å². The molecule has 1 aromatic heterocycles. The number of hydrogen-bond acceptors (Lipinski definition) is 3. The Balaban J connectivity index is 2.49. The van der Waals surface area contributed by atoms with Gasteiger partial charge in [0.2, 0.25) is 0 Å². The highest BCUT2D eigenvalue weighted by molar-refractivity contribution is 9.10. The molecule has 1 heterocycles. The topological polar surface area (TPSA) is 42.7 Å². The van der Waals surface area contributed by atoms with Gasteiger partial charge >= 0.3 is 0 Å². The first-order valence-corrected chi connectivity index (χ1v) is 6.38. The Morgan fingerprint density at radius 2 is 2.17 bits per heavy atom. The Morgan fingerprint density at radius 3 is 2.78 bits per heavy atom. The second-order valence-electron chi connectivity index (χ2n) is 4.08. The number of nitrogens with zero attached hydrogens (tertiary/aromatic N) is 3. The minimum atomic E-state index is -0.332. The largest absolute Gasteiger partial charge is 0.312 e. The first kappa shape index (κ1) is 13.2. The lowest BCUT2D eigenvalue weighted by Gasteiger charge is -2.09. The minimum Gasteiger partial charge on any atom is -0.312 e. The molecule has 1 N–H and O–H groups in total. The molecule has 6 heteroatoms. The first-order chi connectivity index (χ1) is 8.54. The van der Waals surface area contributed by atoms with E-state index < -0.39 is 0 Å². The molecule has 2 aromatic rings. The molecule has 0 radical (unpaired) electrons. The molecule has 0 aliphatic rings. The lowest BCUT2D eigenvalue weighted by Crippen LogP contribution is -2.14. The summed E-state index contributed by atoms with van der Waals surface area (Å²) < 4.78 is 16.1. The van der Waals surface area contributed by atoms with Gasteiger partial charge in [-0.3, -0.25) is 0 Å². The van der Waals surface area contributed by atoms with E-state index in [1.165, 1.54) is 10.7 Å². The molecule has 4 nitrogen and oxygen atoms in total. The second kappa shape index (κ2) is 5.16. The van der Waals surface area contributed by atoms with Crippen LogP contribution in [-0.2, 0) is 0 Å². The fourth-order valence-electron chi connectivity index (χ4n) is 1.76. The van der Waals surface area contributed by atoms with Crippen molar-refractivity contribution in [1.29, 1.82) is 0 Å². The van der Waals surface area contributed by atoms with Gasteiger partial charge in [-0.2, -0.15) is 0 Å². The van der Waals surface area contributed by atoms with Crippen LogP contribution in [-0.4, -0.2) is 22.0 Å². The third-order valence-corrected chi connectivity index (χ3v) is 3.40. The van der Waals surface area contributed by atoms with Crippen molar-refractivity contribution >= 4 is 15.9 Å². The van der Waals surface area contributed by atoms with Gasteiger partial charge in [0.1, 0.15) is 17.2 Å². The molecular formula is C12H14BrFN4. The van der Waals surface area contributed by atoms with Gasteiger partial charge in [0, 0.05) is 4.47 Å². The fourth-order valence-corrected chi connectivity index (χ4v) is 2.09. The first-order valence-electron chi connectivity index (χ1n) is 5.59. The molecule has 0 saturated carbocycles. The van der Waals surface area contributed by atoms with Crippen LogP contribution in [0.25, 0.3) is 5.69 Å². The van der Waals surface area contributed by atoms with Crippen LogP contribution in [0.4, 0.5) is 4.39 Å². The molecule has 1 unspecified atom stereocenters. The lowest BCUT2D eigenvalue weighted by molar-refractivity contribution is 0.604. The van der Waals surface area contributed by atoms with Crippen LogP contribution in [0.5, 0.6) is 0 Å². The molecule has 1 atom stereocenters. The summed E-state index contributed by atoms with van der Waals surface area (Å²) in [6.45, 7) is 3.87. The summed E-state index contributed by atoms with van der Waals surface area (Å²) in [5.41, 5.74) is 2.05. The highest BCUT2D eigenvalue weighted by atomic mass is 79.9. The molecule has 0 saturated heterocycles. The Bertz CT molecular complexity index is 567. The normalized spacial score (nSPS) is 12.7. The lowest BCUT2D eigenvalue weighted by atomic mass is 10.2. The Hall–Kier alpha value is -1.27. The van der Waals surface area contributed by atoms with Crippen LogP contribution in [0, 0.1) is 12.7 Å². The van der Waals surface area contributed by atoms with E-state index in [0.29, 0.717) is 10.2 Å². The Morgan fingerprint density at radius 1 is 1.44 bits per heavy atom. The van der Waals surface area contributed by atoms with Gasteiger partial charge in [-0.25, -0.2) is 9.07 Å². The zero-order valence-electron chi connectivity index (χ0n) is 10.4. The van der Waals surface area contributed by atoms with Gasteiger partial charge in [0.15, 0.2) is 0 Å². The van der Waals surface area contributed by atoms with Gasteiger partial charge in [-0.05, 0) is 39.1 Å². The Kier molecular flexibility index (Phi) is 3.77. The number of aromatic nitrogens is 3. The average Bonchev–Trinajstić information content (AvgIpc) is 2.70. The van der Waals surface area contributed by atoms with Crippen LogP contribution in [0.15, 0.2) is 22.7 Å². The average molecular weight is 313 g/mol. The summed E-state index contributed by atoms with van der Waals surface area (Å²) in [7, 11) is 1.85. The minimum absolute atomic E-state index is 0.0808. The predicted molar refractivity (Wildman–Crippen MR) is 71.2 cm³/mol. The third kappa shape index (κ3) is 2.30. The SMILES string of the molecule is CNC(C)c1nnn(-c2ccc(Br)cc2F)c1C. The number of nitrogens with one attached hydrogen (secondary N) is 1. The number of halogens is 2. The quantitative estimate of drug-likeness (QED) is 0.947. The van der Waals surface area contributed by atoms with Crippen LogP contribution in [0.3, 0.4) is 0 Å². The van der Waals surface area contributed by atoms with Crippen molar-refractivity contribution in [2.24, 2.45) is 0 Å². The van der Waals surface area contributed by atoms with Crippen molar-refractivity contribution in [3.8, 4) is 5.69 Å². The summed E-state index contributed by atoms with van der Waals surface area (Å²) >= 11 is 3.23. The van der Waals surface area contributed by atoms with Gasteiger partial charge in [0.05, 0.1) is 11.7 Å². The molecule has 0 aliphatic carbocycles. The summed E-state index contributed by atoms with van der Waals surface area (Å²) in [4.78, 5) is 0. The summed E-state index contributed by atoms with van der Waals surface area (Å²) in [6, 6.07) is 4.95. The van der Waals surface area contributed by atoms with Crippen LogP contribution in [0.1, 0.15) is 24.4 Å². The van der Waals surface area contributed by atoms with E-state index in [9.17, 15) is 4.39 Å². The Labute approximate surface area is 113 Å². The maximum absolute atomic E-state index is 13.9. The van der Waals surface area contributed by atoms with E-state index in [4.69, 9.17) is 0 Å². The molecule has 18 heavy (non-hydrogen) atoms. The number of rotatable bonds is 3. The molecule has 96 valence electrons. The standard InChI is InChI=1S/C12H14BrFN4/c1-7(15-3)12-8(2)18(17-16-12)11-5-4-9(13)6-10(11)14/h4-7,15H,1-3H3. The van der Waals surface area contributed by atoms with Crippen molar-refractivity contribution in [1.82, 2.24) is 20.3 Å². The van der Waals surface area contributed by atoms with Crippen LogP contribution < -0.4 is 5.32 Å². The van der Waals surface area contributed by atoms with Gasteiger partial charge < -0.3 is 5.32 Å². The van der Waals surface area contributed by atoms with Crippen LogP contribution in [0.2, 0.25) is 0 Å².